The molecule has 3 rings (SSSR count). The molecule has 0 aliphatic carbocycles. The summed E-state index contributed by atoms with van der Waals surface area (Å²) in [6.07, 6.45) is 0.503. The van der Waals surface area contributed by atoms with Crippen LogP contribution in [-0.2, 0) is 28.0 Å². The molecule has 1 heterocycles. The highest BCUT2D eigenvalue weighted by molar-refractivity contribution is 7.86. The third-order valence-corrected chi connectivity index (χ3v) is 8.46. The Bertz CT molecular complexity index is 1110. The van der Waals surface area contributed by atoms with E-state index in [1.54, 1.807) is 0 Å². The van der Waals surface area contributed by atoms with E-state index in [4.69, 9.17) is 4.74 Å². The van der Waals surface area contributed by atoms with E-state index < -0.39 is 16.3 Å². The van der Waals surface area contributed by atoms with E-state index in [1.807, 2.05) is 48.5 Å². The lowest BCUT2D eigenvalue weighted by Crippen LogP contribution is -2.51. The van der Waals surface area contributed by atoms with Gasteiger partial charge in [-0.15, -0.1) is 0 Å². The van der Waals surface area contributed by atoms with Gasteiger partial charge in [-0.2, -0.15) is 17.0 Å². The number of amides is 1. The van der Waals surface area contributed by atoms with E-state index in [-0.39, 0.29) is 12.5 Å². The zero-order valence-electron chi connectivity index (χ0n) is 22.3. The van der Waals surface area contributed by atoms with Crippen molar-refractivity contribution < 1.29 is 17.9 Å². The second-order valence-electron chi connectivity index (χ2n) is 9.90. The molecule has 8 nitrogen and oxygen atoms in total. The normalized spacial score (nSPS) is 16.6. The molecular formula is C27H40N4O4S. The molecule has 36 heavy (non-hydrogen) atoms. The molecule has 0 saturated carbocycles. The molecule has 0 radical (unpaired) electrons. The van der Waals surface area contributed by atoms with Crippen LogP contribution in [0.3, 0.4) is 0 Å². The lowest BCUT2D eigenvalue weighted by molar-refractivity contribution is -0.125. The standard InChI is InChI=1S/C27H40N4O4S/c1-20(2)30(21(3)4)17-15-28-27(32)26-25-13-12-24(35-19-22-10-8-7-9-11-22)18-23(25)14-16-31(26)36(33,34)29(5)6/h7-13,18,20-21,26H,14-17,19H2,1-6H3,(H,28,32). The van der Waals surface area contributed by atoms with E-state index in [0.717, 1.165) is 15.4 Å². The number of hydrogen-bond acceptors (Lipinski definition) is 5. The molecule has 0 bridgehead atoms. The second-order valence-corrected chi connectivity index (χ2v) is 12.0. The first-order valence-corrected chi connectivity index (χ1v) is 13.9. The second kappa shape index (κ2) is 12.2. The molecule has 1 amide bonds. The predicted molar refractivity (Wildman–Crippen MR) is 143 cm³/mol. The SMILES string of the molecule is CC(C)N(CCNC(=O)C1c2ccc(OCc3ccccc3)cc2CCN1S(=O)(=O)N(C)C)C(C)C. The lowest BCUT2D eigenvalue weighted by Gasteiger charge is -2.37. The Balaban J connectivity index is 1.82. The first-order chi connectivity index (χ1) is 17.0. The van der Waals surface area contributed by atoms with Crippen molar-refractivity contribution >= 4 is 16.1 Å². The van der Waals surface area contributed by atoms with Crippen molar-refractivity contribution in [3.05, 3.63) is 65.2 Å². The summed E-state index contributed by atoms with van der Waals surface area (Å²) in [4.78, 5) is 15.8. The quantitative estimate of drug-likeness (QED) is 0.496. The van der Waals surface area contributed by atoms with E-state index in [1.165, 1.54) is 18.4 Å². The van der Waals surface area contributed by atoms with E-state index in [2.05, 4.69) is 37.9 Å². The van der Waals surface area contributed by atoms with Gasteiger partial charge in [-0.25, -0.2) is 0 Å². The average molecular weight is 517 g/mol. The number of nitrogens with zero attached hydrogens (tertiary/aromatic N) is 3. The molecule has 1 aliphatic heterocycles. The fourth-order valence-electron chi connectivity index (χ4n) is 4.66. The number of rotatable bonds is 11. The number of nitrogens with one attached hydrogen (secondary N) is 1. The van der Waals surface area contributed by atoms with Gasteiger partial charge in [0.25, 0.3) is 10.2 Å². The fraction of sp³-hybridized carbons (Fsp3) is 0.519. The van der Waals surface area contributed by atoms with Gasteiger partial charge in [0.1, 0.15) is 18.4 Å². The van der Waals surface area contributed by atoms with Crippen LogP contribution < -0.4 is 10.1 Å². The molecule has 0 fully saturated rings. The molecule has 0 saturated heterocycles. The Labute approximate surface area is 216 Å². The van der Waals surface area contributed by atoms with Crippen molar-refractivity contribution in [1.82, 2.24) is 18.8 Å². The van der Waals surface area contributed by atoms with Crippen LogP contribution in [-0.4, -0.2) is 73.6 Å². The van der Waals surface area contributed by atoms with Crippen LogP contribution in [0.25, 0.3) is 0 Å². The minimum Gasteiger partial charge on any atom is -0.489 e. The van der Waals surface area contributed by atoms with Crippen molar-refractivity contribution in [3.63, 3.8) is 0 Å². The maximum absolute atomic E-state index is 13.5. The first kappa shape index (κ1) is 28.1. The Morgan fingerprint density at radius 2 is 1.75 bits per heavy atom. The number of hydrogen-bond donors (Lipinski definition) is 1. The van der Waals surface area contributed by atoms with Crippen LogP contribution in [0.5, 0.6) is 5.75 Å². The van der Waals surface area contributed by atoms with Crippen LogP contribution in [0, 0.1) is 0 Å². The minimum absolute atomic E-state index is 0.220. The van der Waals surface area contributed by atoms with Crippen molar-refractivity contribution in [1.29, 1.82) is 0 Å². The summed E-state index contributed by atoms with van der Waals surface area (Å²) < 4.78 is 34.7. The molecule has 9 heteroatoms. The molecular weight excluding hydrogens is 476 g/mol. The molecule has 2 aromatic rings. The lowest BCUT2D eigenvalue weighted by atomic mass is 9.93. The van der Waals surface area contributed by atoms with Gasteiger partial charge in [0.15, 0.2) is 0 Å². The number of benzene rings is 2. The maximum Gasteiger partial charge on any atom is 0.282 e. The van der Waals surface area contributed by atoms with E-state index in [0.29, 0.717) is 49.5 Å². The van der Waals surface area contributed by atoms with E-state index in [9.17, 15) is 13.2 Å². The highest BCUT2D eigenvalue weighted by atomic mass is 32.2. The van der Waals surface area contributed by atoms with Gasteiger partial charge in [-0.05, 0) is 62.9 Å². The molecule has 0 spiro atoms. The van der Waals surface area contributed by atoms with Crippen molar-refractivity contribution in [3.8, 4) is 5.75 Å². The summed E-state index contributed by atoms with van der Waals surface area (Å²) in [5.41, 5.74) is 2.69. The van der Waals surface area contributed by atoms with Crippen LogP contribution in [0.1, 0.15) is 50.4 Å². The first-order valence-electron chi connectivity index (χ1n) is 12.5. The van der Waals surface area contributed by atoms with Crippen LogP contribution in [0.4, 0.5) is 0 Å². The van der Waals surface area contributed by atoms with Crippen molar-refractivity contribution in [2.24, 2.45) is 0 Å². The zero-order valence-corrected chi connectivity index (χ0v) is 23.1. The summed E-state index contributed by atoms with van der Waals surface area (Å²) in [6, 6.07) is 15.2. The van der Waals surface area contributed by atoms with E-state index >= 15 is 0 Å². The highest BCUT2D eigenvalue weighted by Gasteiger charge is 2.41. The molecule has 0 aromatic heterocycles. The molecule has 2 aromatic carbocycles. The van der Waals surface area contributed by atoms with Gasteiger partial charge in [-0.1, -0.05) is 36.4 Å². The van der Waals surface area contributed by atoms with Gasteiger partial charge in [0, 0.05) is 45.8 Å². The maximum atomic E-state index is 13.5. The van der Waals surface area contributed by atoms with Gasteiger partial charge in [0.2, 0.25) is 5.91 Å². The number of carbonyl (C=O) groups is 1. The van der Waals surface area contributed by atoms with Crippen LogP contribution >= 0.6 is 0 Å². The third-order valence-electron chi connectivity index (χ3n) is 6.55. The number of fused-ring (bicyclic) bond motifs is 1. The number of ether oxygens (including phenoxy) is 1. The topological polar surface area (TPSA) is 82.2 Å². The van der Waals surface area contributed by atoms with Crippen LogP contribution in [0.15, 0.2) is 48.5 Å². The molecule has 1 N–H and O–H groups in total. The number of carbonyl (C=O) groups excluding carboxylic acids is 1. The molecule has 1 atom stereocenters. The molecule has 1 aliphatic rings. The fourth-order valence-corrected chi connectivity index (χ4v) is 5.88. The Kier molecular flexibility index (Phi) is 9.52. The summed E-state index contributed by atoms with van der Waals surface area (Å²) in [7, 11) is -0.818. The summed E-state index contributed by atoms with van der Waals surface area (Å²) in [5.74, 6) is 0.386. The predicted octanol–water partition coefficient (Wildman–Crippen LogP) is 3.21. The highest BCUT2D eigenvalue weighted by Crippen LogP contribution is 2.35. The summed E-state index contributed by atoms with van der Waals surface area (Å²) in [5, 5.41) is 3.00. The summed E-state index contributed by atoms with van der Waals surface area (Å²) in [6.45, 7) is 10.3. The Morgan fingerprint density at radius 1 is 1.08 bits per heavy atom. The van der Waals surface area contributed by atoms with Gasteiger partial charge in [0.05, 0.1) is 0 Å². The monoisotopic (exact) mass is 516 g/mol. The Morgan fingerprint density at radius 3 is 2.36 bits per heavy atom. The minimum atomic E-state index is -3.80. The smallest absolute Gasteiger partial charge is 0.282 e. The van der Waals surface area contributed by atoms with Gasteiger partial charge >= 0.3 is 0 Å². The van der Waals surface area contributed by atoms with Crippen molar-refractivity contribution in [2.75, 3.05) is 33.7 Å². The van der Waals surface area contributed by atoms with Gasteiger partial charge in [-0.3, -0.25) is 9.69 Å². The average Bonchev–Trinajstić information content (AvgIpc) is 2.84. The van der Waals surface area contributed by atoms with Crippen molar-refractivity contribution in [2.45, 2.75) is 58.8 Å². The third kappa shape index (κ3) is 6.64. The van der Waals surface area contributed by atoms with Gasteiger partial charge < -0.3 is 10.1 Å². The molecule has 1 unspecified atom stereocenters. The largest absolute Gasteiger partial charge is 0.489 e. The molecule has 198 valence electrons. The van der Waals surface area contributed by atoms with Crippen LogP contribution in [0.2, 0.25) is 0 Å². The summed E-state index contributed by atoms with van der Waals surface area (Å²) >= 11 is 0. The Hall–Kier alpha value is -2.46. The zero-order chi connectivity index (χ0) is 26.5.